The molecule has 0 saturated carbocycles. The van der Waals surface area contributed by atoms with Gasteiger partial charge in [0.25, 0.3) is 0 Å². The van der Waals surface area contributed by atoms with Crippen LogP contribution in [0, 0.1) is 0 Å². The molecular formula is C23H27BrCl2F3N5O. The fourth-order valence-electron chi connectivity index (χ4n) is 4.03. The second-order valence-electron chi connectivity index (χ2n) is 8.26. The fourth-order valence-corrected chi connectivity index (χ4v) is 4.37. The lowest BCUT2D eigenvalue weighted by Crippen LogP contribution is -2.29. The van der Waals surface area contributed by atoms with Crippen LogP contribution in [-0.2, 0) is 6.42 Å². The van der Waals surface area contributed by atoms with Crippen LogP contribution in [0.25, 0.3) is 10.9 Å². The van der Waals surface area contributed by atoms with Crippen LogP contribution in [0.2, 0.25) is 0 Å². The number of halogens is 6. The van der Waals surface area contributed by atoms with Crippen molar-refractivity contribution >= 4 is 63.4 Å². The first-order valence-corrected chi connectivity index (χ1v) is 11.4. The van der Waals surface area contributed by atoms with Gasteiger partial charge < -0.3 is 19.9 Å². The Morgan fingerprint density at radius 1 is 1.14 bits per heavy atom. The molecule has 0 aliphatic carbocycles. The maximum absolute atomic E-state index is 12.8. The van der Waals surface area contributed by atoms with Gasteiger partial charge in [-0.1, -0.05) is 34.1 Å². The first-order chi connectivity index (χ1) is 15.7. The molecule has 1 aromatic heterocycles. The van der Waals surface area contributed by atoms with Crippen LogP contribution in [0.15, 0.2) is 46.9 Å². The van der Waals surface area contributed by atoms with Crippen molar-refractivity contribution in [2.45, 2.75) is 25.2 Å². The Kier molecular flexibility index (Phi) is 10.3. The van der Waals surface area contributed by atoms with E-state index in [9.17, 15) is 13.2 Å². The Balaban J connectivity index is 0.00000216. The summed E-state index contributed by atoms with van der Waals surface area (Å²) in [5, 5.41) is 4.43. The Morgan fingerprint density at radius 3 is 2.60 bits per heavy atom. The lowest BCUT2D eigenvalue weighted by Gasteiger charge is -2.19. The van der Waals surface area contributed by atoms with Gasteiger partial charge in [0.2, 0.25) is 5.95 Å². The molecule has 35 heavy (non-hydrogen) atoms. The van der Waals surface area contributed by atoms with Gasteiger partial charge in [-0.25, -0.2) is 4.98 Å². The van der Waals surface area contributed by atoms with Crippen LogP contribution in [0.5, 0.6) is 5.75 Å². The molecule has 1 aliphatic heterocycles. The van der Waals surface area contributed by atoms with E-state index >= 15 is 0 Å². The summed E-state index contributed by atoms with van der Waals surface area (Å²) < 4.78 is 43.0. The number of rotatable bonds is 7. The number of likely N-dealkylation sites (tertiary alicyclic amines) is 1. The minimum Gasteiger partial charge on any atom is -0.405 e. The Hall–Kier alpha value is -2.01. The number of hydrogen-bond donors (Lipinski definition) is 1. The molecule has 0 spiro atoms. The molecular weight excluding hydrogens is 570 g/mol. The standard InChI is InChI=1S/C23H25BrF3N5O.2ClH/c1-31(2)21-18-5-3-4-6-19(18)29-22(30-21)28-17-10-12-32(14-17)11-9-15-7-8-16(24)13-20(15)33-23(25,26)27;;/h3-8,13,17H,9-12,14H2,1-2H3,(H,28,29,30);2*1H. The Bertz CT molecular complexity index is 1140. The summed E-state index contributed by atoms with van der Waals surface area (Å²) in [6.45, 7) is 2.24. The van der Waals surface area contributed by atoms with E-state index in [1.54, 1.807) is 12.1 Å². The fraction of sp³-hybridized carbons (Fsp3) is 0.391. The second-order valence-corrected chi connectivity index (χ2v) is 9.18. The zero-order chi connectivity index (χ0) is 23.6. The number of nitrogens with zero attached hydrogens (tertiary/aromatic N) is 4. The number of benzene rings is 2. The van der Waals surface area contributed by atoms with Gasteiger partial charge in [-0.2, -0.15) is 4.98 Å². The number of para-hydroxylation sites is 1. The van der Waals surface area contributed by atoms with Crippen molar-refractivity contribution in [3.63, 3.8) is 0 Å². The third-order valence-electron chi connectivity index (χ3n) is 5.56. The minimum absolute atomic E-state index is 0. The van der Waals surface area contributed by atoms with Gasteiger partial charge in [0.15, 0.2) is 0 Å². The molecule has 1 aliphatic rings. The number of anilines is 2. The Morgan fingerprint density at radius 2 is 1.89 bits per heavy atom. The number of fused-ring (bicyclic) bond motifs is 1. The lowest BCUT2D eigenvalue weighted by molar-refractivity contribution is -0.274. The molecule has 1 saturated heterocycles. The molecule has 0 bridgehead atoms. The van der Waals surface area contributed by atoms with E-state index < -0.39 is 6.36 Å². The number of hydrogen-bond acceptors (Lipinski definition) is 6. The summed E-state index contributed by atoms with van der Waals surface area (Å²) in [7, 11) is 3.91. The average molecular weight is 597 g/mol. The van der Waals surface area contributed by atoms with Crippen molar-refractivity contribution in [3.05, 3.63) is 52.5 Å². The van der Waals surface area contributed by atoms with E-state index in [0.717, 1.165) is 36.2 Å². The van der Waals surface area contributed by atoms with Gasteiger partial charge in [0.05, 0.1) is 5.52 Å². The summed E-state index contributed by atoms with van der Waals surface area (Å²) in [5.74, 6) is 1.27. The smallest absolute Gasteiger partial charge is 0.405 e. The van der Waals surface area contributed by atoms with E-state index in [2.05, 4.69) is 35.9 Å². The van der Waals surface area contributed by atoms with Crippen molar-refractivity contribution < 1.29 is 17.9 Å². The maximum Gasteiger partial charge on any atom is 0.573 e. The van der Waals surface area contributed by atoms with Crippen LogP contribution in [-0.4, -0.2) is 61.0 Å². The molecule has 0 radical (unpaired) electrons. The van der Waals surface area contributed by atoms with Crippen LogP contribution in [0.3, 0.4) is 0 Å². The summed E-state index contributed by atoms with van der Waals surface area (Å²) in [6, 6.07) is 12.8. The van der Waals surface area contributed by atoms with Crippen LogP contribution < -0.4 is 15.0 Å². The molecule has 2 aromatic carbocycles. The highest BCUT2D eigenvalue weighted by Gasteiger charge is 2.32. The molecule has 3 aromatic rings. The Labute approximate surface area is 223 Å². The zero-order valence-corrected chi connectivity index (χ0v) is 22.4. The van der Waals surface area contributed by atoms with Crippen molar-refractivity contribution in [3.8, 4) is 5.75 Å². The zero-order valence-electron chi connectivity index (χ0n) is 19.2. The van der Waals surface area contributed by atoms with Crippen LogP contribution >= 0.6 is 40.7 Å². The van der Waals surface area contributed by atoms with Crippen LogP contribution in [0.1, 0.15) is 12.0 Å². The first-order valence-electron chi connectivity index (χ1n) is 10.6. The molecule has 4 rings (SSSR count). The molecule has 12 heteroatoms. The highest BCUT2D eigenvalue weighted by atomic mass is 79.9. The van der Waals surface area contributed by atoms with Crippen LogP contribution in [0.4, 0.5) is 24.9 Å². The monoisotopic (exact) mass is 595 g/mol. The van der Waals surface area contributed by atoms with Gasteiger partial charge in [0, 0.05) is 49.6 Å². The summed E-state index contributed by atoms with van der Waals surface area (Å²) in [6.07, 6.45) is -3.36. The van der Waals surface area contributed by atoms with Gasteiger partial charge in [-0.15, -0.1) is 38.0 Å². The largest absolute Gasteiger partial charge is 0.573 e. The number of ether oxygens (including phenoxy) is 1. The molecule has 192 valence electrons. The molecule has 1 fully saturated rings. The van der Waals surface area contributed by atoms with Crippen molar-refractivity contribution in [2.24, 2.45) is 0 Å². The predicted octanol–water partition coefficient (Wildman–Crippen LogP) is 5.93. The lowest BCUT2D eigenvalue weighted by atomic mass is 10.1. The number of alkyl halides is 3. The molecule has 1 atom stereocenters. The van der Waals surface area contributed by atoms with Crippen molar-refractivity contribution in [1.29, 1.82) is 0 Å². The van der Waals surface area contributed by atoms with Gasteiger partial charge in [-0.3, -0.25) is 0 Å². The third kappa shape index (κ3) is 7.73. The summed E-state index contributed by atoms with van der Waals surface area (Å²) >= 11 is 3.21. The average Bonchev–Trinajstić information content (AvgIpc) is 3.18. The maximum atomic E-state index is 12.8. The second kappa shape index (κ2) is 12.3. The summed E-state index contributed by atoms with van der Waals surface area (Å²) in [5.41, 5.74) is 1.40. The first kappa shape index (κ1) is 29.2. The van der Waals surface area contributed by atoms with Gasteiger partial charge in [-0.05, 0) is 42.7 Å². The quantitative estimate of drug-likeness (QED) is 0.365. The predicted molar refractivity (Wildman–Crippen MR) is 141 cm³/mol. The van der Waals surface area contributed by atoms with Gasteiger partial charge >= 0.3 is 6.36 Å². The molecule has 0 amide bonds. The SMILES string of the molecule is CN(C)c1nc(NC2CCN(CCc3ccc(Br)cc3OC(F)(F)F)C2)nc2ccccc12.Cl.Cl. The van der Waals surface area contributed by atoms with E-state index in [-0.39, 0.29) is 36.6 Å². The summed E-state index contributed by atoms with van der Waals surface area (Å²) in [4.78, 5) is 13.5. The number of aromatic nitrogens is 2. The van der Waals surface area contributed by atoms with E-state index in [1.807, 2.05) is 43.3 Å². The molecule has 2 heterocycles. The minimum atomic E-state index is -4.72. The third-order valence-corrected chi connectivity index (χ3v) is 6.06. The topological polar surface area (TPSA) is 53.5 Å². The highest BCUT2D eigenvalue weighted by Crippen LogP contribution is 2.30. The van der Waals surface area contributed by atoms with Crippen molar-refractivity contribution in [1.82, 2.24) is 14.9 Å². The molecule has 1 unspecified atom stereocenters. The highest BCUT2D eigenvalue weighted by molar-refractivity contribution is 9.10. The van der Waals surface area contributed by atoms with Gasteiger partial charge in [0.1, 0.15) is 11.6 Å². The van der Waals surface area contributed by atoms with E-state index in [0.29, 0.717) is 29.0 Å². The van der Waals surface area contributed by atoms with E-state index in [1.165, 1.54) is 6.07 Å². The normalized spacial score (nSPS) is 15.9. The molecule has 1 N–H and O–H groups in total. The van der Waals surface area contributed by atoms with Crippen molar-refractivity contribution in [2.75, 3.05) is 43.9 Å². The van der Waals surface area contributed by atoms with E-state index in [4.69, 9.17) is 4.98 Å². The number of nitrogens with one attached hydrogen (secondary N) is 1. The molecule has 6 nitrogen and oxygen atoms in total.